The summed E-state index contributed by atoms with van der Waals surface area (Å²) in [5.41, 5.74) is 0.771. The van der Waals surface area contributed by atoms with Gasteiger partial charge in [-0.25, -0.2) is 0 Å². The van der Waals surface area contributed by atoms with Gasteiger partial charge in [0.25, 0.3) is 0 Å². The molecular formula is C16H11F3O3. The van der Waals surface area contributed by atoms with E-state index in [2.05, 4.69) is 0 Å². The van der Waals surface area contributed by atoms with Crippen LogP contribution in [0.25, 0.3) is 11.1 Å². The zero-order chi connectivity index (χ0) is 15.9. The first kappa shape index (κ1) is 14.4. The Hall–Kier alpha value is -2.50. The van der Waals surface area contributed by atoms with Crippen LogP contribution < -0.4 is 9.47 Å². The Labute approximate surface area is 124 Å². The van der Waals surface area contributed by atoms with Crippen LogP contribution in [0.4, 0.5) is 13.2 Å². The summed E-state index contributed by atoms with van der Waals surface area (Å²) >= 11 is 0. The van der Waals surface area contributed by atoms with Crippen molar-refractivity contribution in [3.8, 4) is 22.6 Å². The lowest BCUT2D eigenvalue weighted by molar-refractivity contribution is -0.137. The maximum Gasteiger partial charge on any atom is 0.416 e. The lowest BCUT2D eigenvalue weighted by Crippen LogP contribution is -2.04. The zero-order valence-corrected chi connectivity index (χ0v) is 11.5. The van der Waals surface area contributed by atoms with E-state index in [0.717, 1.165) is 12.1 Å². The van der Waals surface area contributed by atoms with Crippen molar-refractivity contribution in [3.63, 3.8) is 0 Å². The molecule has 0 saturated heterocycles. The molecule has 1 heterocycles. The van der Waals surface area contributed by atoms with Crippen LogP contribution >= 0.6 is 0 Å². The number of rotatable bonds is 2. The maximum atomic E-state index is 12.6. The number of halogens is 3. The monoisotopic (exact) mass is 308 g/mol. The molecule has 0 unspecified atom stereocenters. The minimum Gasteiger partial charge on any atom is -0.496 e. The summed E-state index contributed by atoms with van der Waals surface area (Å²) < 4.78 is 48.3. The minimum atomic E-state index is -4.38. The van der Waals surface area contributed by atoms with Crippen LogP contribution in [0.2, 0.25) is 0 Å². The number of alkyl halides is 3. The molecule has 3 nitrogen and oxygen atoms in total. The van der Waals surface area contributed by atoms with Gasteiger partial charge in [0.1, 0.15) is 11.5 Å². The average Bonchev–Trinajstić information content (AvgIpc) is 2.86. The number of methoxy groups -OCH3 is 1. The van der Waals surface area contributed by atoms with Gasteiger partial charge in [-0.05, 0) is 23.8 Å². The third-order valence-corrected chi connectivity index (χ3v) is 3.48. The van der Waals surface area contributed by atoms with Gasteiger partial charge in [0, 0.05) is 11.6 Å². The predicted molar refractivity (Wildman–Crippen MR) is 73.3 cm³/mol. The number of carbonyl (C=O) groups is 1. The van der Waals surface area contributed by atoms with E-state index in [4.69, 9.17) is 9.47 Å². The summed E-state index contributed by atoms with van der Waals surface area (Å²) in [5, 5.41) is 0. The molecule has 0 spiro atoms. The number of ether oxygens (including phenoxy) is 2. The second-order valence-electron chi connectivity index (χ2n) is 4.84. The first-order chi connectivity index (χ1) is 10.4. The van der Waals surface area contributed by atoms with Crippen LogP contribution in [-0.2, 0) is 6.18 Å². The molecule has 0 bridgehead atoms. The summed E-state index contributed by atoms with van der Waals surface area (Å²) in [4.78, 5) is 11.7. The standard InChI is InChI=1S/C16H11F3O3/c1-21-14-7-15-12(13(20)8-22-15)6-11(14)9-2-4-10(5-3-9)16(17,18)19/h2-7H,8H2,1H3. The average molecular weight is 308 g/mol. The molecule has 114 valence electrons. The van der Waals surface area contributed by atoms with Crippen LogP contribution in [0.15, 0.2) is 36.4 Å². The fourth-order valence-corrected chi connectivity index (χ4v) is 2.35. The molecule has 1 aliphatic heterocycles. The lowest BCUT2D eigenvalue weighted by atomic mass is 9.99. The maximum absolute atomic E-state index is 12.6. The predicted octanol–water partition coefficient (Wildman–Crippen LogP) is 3.96. The largest absolute Gasteiger partial charge is 0.496 e. The number of fused-ring (bicyclic) bond motifs is 1. The highest BCUT2D eigenvalue weighted by Gasteiger charge is 2.30. The van der Waals surface area contributed by atoms with Gasteiger partial charge in [-0.2, -0.15) is 13.2 Å². The Balaban J connectivity index is 2.08. The Morgan fingerprint density at radius 2 is 1.77 bits per heavy atom. The third kappa shape index (κ3) is 2.41. The minimum absolute atomic E-state index is 0.0328. The molecule has 0 atom stereocenters. The Bertz CT molecular complexity index is 734. The van der Waals surface area contributed by atoms with Crippen LogP contribution in [0.5, 0.6) is 11.5 Å². The molecule has 1 aliphatic rings. The van der Waals surface area contributed by atoms with Gasteiger partial charge in [0.05, 0.1) is 18.2 Å². The molecule has 0 radical (unpaired) electrons. The van der Waals surface area contributed by atoms with E-state index in [1.807, 2.05) is 0 Å². The molecule has 3 rings (SSSR count). The summed E-state index contributed by atoms with van der Waals surface area (Å²) in [5.74, 6) is 0.705. The highest BCUT2D eigenvalue weighted by Crippen LogP contribution is 2.39. The van der Waals surface area contributed by atoms with Gasteiger partial charge in [-0.1, -0.05) is 12.1 Å². The van der Waals surface area contributed by atoms with E-state index in [-0.39, 0.29) is 12.4 Å². The molecule has 0 fully saturated rings. The van der Waals surface area contributed by atoms with Gasteiger partial charge in [0.15, 0.2) is 6.61 Å². The van der Waals surface area contributed by atoms with Gasteiger partial charge in [-0.15, -0.1) is 0 Å². The van der Waals surface area contributed by atoms with Crippen LogP contribution in [0.1, 0.15) is 15.9 Å². The SMILES string of the molecule is COc1cc2c(cc1-c1ccc(C(F)(F)F)cc1)C(=O)CO2. The van der Waals surface area contributed by atoms with Gasteiger partial charge in [0.2, 0.25) is 5.78 Å². The zero-order valence-electron chi connectivity index (χ0n) is 11.5. The molecule has 2 aromatic carbocycles. The molecule has 0 saturated carbocycles. The van der Waals surface area contributed by atoms with E-state index in [1.165, 1.54) is 19.2 Å². The number of Topliss-reactive ketones (excluding diaryl/α,β-unsaturated/α-hetero) is 1. The molecular weight excluding hydrogens is 297 g/mol. The van der Waals surface area contributed by atoms with E-state index in [1.54, 1.807) is 12.1 Å². The van der Waals surface area contributed by atoms with Gasteiger partial charge in [-0.3, -0.25) is 4.79 Å². The second-order valence-corrected chi connectivity index (χ2v) is 4.84. The number of carbonyl (C=O) groups excluding carboxylic acids is 1. The molecule has 2 aromatic rings. The Morgan fingerprint density at radius 1 is 1.09 bits per heavy atom. The van der Waals surface area contributed by atoms with Crippen LogP contribution in [0.3, 0.4) is 0 Å². The van der Waals surface area contributed by atoms with Crippen molar-refractivity contribution < 1.29 is 27.4 Å². The first-order valence-electron chi connectivity index (χ1n) is 6.46. The van der Waals surface area contributed by atoms with E-state index >= 15 is 0 Å². The molecule has 0 amide bonds. The normalized spacial score (nSPS) is 13.7. The van der Waals surface area contributed by atoms with Crippen molar-refractivity contribution >= 4 is 5.78 Å². The van der Waals surface area contributed by atoms with Crippen LogP contribution in [0, 0.1) is 0 Å². The molecule has 0 aliphatic carbocycles. The third-order valence-electron chi connectivity index (χ3n) is 3.48. The summed E-state index contributed by atoms with van der Waals surface area (Å²) in [6.07, 6.45) is -4.38. The smallest absolute Gasteiger partial charge is 0.416 e. The fourth-order valence-electron chi connectivity index (χ4n) is 2.35. The van der Waals surface area contributed by atoms with Crippen molar-refractivity contribution in [2.24, 2.45) is 0 Å². The van der Waals surface area contributed by atoms with Crippen LogP contribution in [-0.4, -0.2) is 19.5 Å². The fraction of sp³-hybridized carbons (Fsp3) is 0.188. The first-order valence-corrected chi connectivity index (χ1v) is 6.46. The van der Waals surface area contributed by atoms with Crippen molar-refractivity contribution in [3.05, 3.63) is 47.5 Å². The van der Waals surface area contributed by atoms with E-state index in [9.17, 15) is 18.0 Å². The number of hydrogen-bond acceptors (Lipinski definition) is 3. The Morgan fingerprint density at radius 3 is 2.36 bits per heavy atom. The number of hydrogen-bond donors (Lipinski definition) is 0. The summed E-state index contributed by atoms with van der Waals surface area (Å²) in [6, 6.07) is 7.88. The highest BCUT2D eigenvalue weighted by molar-refractivity contribution is 6.03. The summed E-state index contributed by atoms with van der Waals surface area (Å²) in [6.45, 7) is -0.0328. The van der Waals surface area contributed by atoms with Crippen molar-refractivity contribution in [2.75, 3.05) is 13.7 Å². The Kier molecular flexibility index (Phi) is 3.31. The van der Waals surface area contributed by atoms with Gasteiger partial charge >= 0.3 is 6.18 Å². The van der Waals surface area contributed by atoms with Crippen molar-refractivity contribution in [1.82, 2.24) is 0 Å². The van der Waals surface area contributed by atoms with Crippen molar-refractivity contribution in [1.29, 1.82) is 0 Å². The molecule has 0 aromatic heterocycles. The molecule has 22 heavy (non-hydrogen) atoms. The number of ketones is 1. The van der Waals surface area contributed by atoms with E-state index in [0.29, 0.717) is 28.2 Å². The quantitative estimate of drug-likeness (QED) is 0.842. The van der Waals surface area contributed by atoms with Gasteiger partial charge < -0.3 is 9.47 Å². The summed E-state index contributed by atoms with van der Waals surface area (Å²) in [7, 11) is 1.45. The van der Waals surface area contributed by atoms with Crippen molar-refractivity contribution in [2.45, 2.75) is 6.18 Å². The van der Waals surface area contributed by atoms with E-state index < -0.39 is 11.7 Å². The number of benzene rings is 2. The second kappa shape index (κ2) is 5.05. The highest BCUT2D eigenvalue weighted by atomic mass is 19.4. The molecule has 6 heteroatoms. The lowest BCUT2D eigenvalue weighted by Gasteiger charge is -2.12. The molecule has 0 N–H and O–H groups in total. The topological polar surface area (TPSA) is 35.5 Å².